The smallest absolute Gasteiger partial charge is 0.175 e. The Morgan fingerprint density at radius 3 is 2.78 bits per heavy atom. The predicted molar refractivity (Wildman–Crippen MR) is 73.9 cm³/mol. The van der Waals surface area contributed by atoms with E-state index in [4.69, 9.17) is 11.6 Å². The van der Waals surface area contributed by atoms with Gasteiger partial charge in [-0.05, 0) is 49.6 Å². The maximum Gasteiger partial charge on any atom is 0.175 e. The molecule has 2 rings (SSSR count). The SMILES string of the molecule is CS(=O)(=O)c1ccc(Cl)c(CC2CCCCN2)c1. The summed E-state index contributed by atoms with van der Waals surface area (Å²) in [6.07, 6.45) is 5.58. The van der Waals surface area contributed by atoms with Crippen LogP contribution in [-0.2, 0) is 16.3 Å². The molecule has 0 saturated carbocycles. The molecule has 1 heterocycles. The van der Waals surface area contributed by atoms with Crippen LogP contribution in [0.3, 0.4) is 0 Å². The van der Waals surface area contributed by atoms with E-state index in [1.54, 1.807) is 18.2 Å². The van der Waals surface area contributed by atoms with Crippen LogP contribution in [0.5, 0.6) is 0 Å². The summed E-state index contributed by atoms with van der Waals surface area (Å²) in [5.74, 6) is 0. The topological polar surface area (TPSA) is 46.2 Å². The lowest BCUT2D eigenvalue weighted by molar-refractivity contribution is 0.399. The number of piperidine rings is 1. The van der Waals surface area contributed by atoms with E-state index in [9.17, 15) is 8.42 Å². The fourth-order valence-corrected chi connectivity index (χ4v) is 3.17. The van der Waals surface area contributed by atoms with Gasteiger partial charge in [-0.25, -0.2) is 8.42 Å². The number of halogens is 1. The molecule has 0 amide bonds. The van der Waals surface area contributed by atoms with E-state index in [-0.39, 0.29) is 0 Å². The fraction of sp³-hybridized carbons (Fsp3) is 0.538. The van der Waals surface area contributed by atoms with Gasteiger partial charge in [-0.3, -0.25) is 0 Å². The summed E-state index contributed by atoms with van der Waals surface area (Å²) < 4.78 is 23.1. The molecule has 0 aromatic heterocycles. The van der Waals surface area contributed by atoms with Gasteiger partial charge in [0.05, 0.1) is 4.90 Å². The molecule has 1 fully saturated rings. The second kappa shape index (κ2) is 5.59. The molecule has 0 spiro atoms. The molecule has 0 bridgehead atoms. The van der Waals surface area contributed by atoms with E-state index >= 15 is 0 Å². The lowest BCUT2D eigenvalue weighted by atomic mass is 9.98. The van der Waals surface area contributed by atoms with Crippen molar-refractivity contribution in [2.24, 2.45) is 0 Å². The highest BCUT2D eigenvalue weighted by molar-refractivity contribution is 7.90. The van der Waals surface area contributed by atoms with Crippen LogP contribution in [-0.4, -0.2) is 27.3 Å². The summed E-state index contributed by atoms with van der Waals surface area (Å²) in [5, 5.41) is 4.09. The number of sulfone groups is 1. The Morgan fingerprint density at radius 2 is 2.17 bits per heavy atom. The average Bonchev–Trinajstić information content (AvgIpc) is 2.32. The lowest BCUT2D eigenvalue weighted by Gasteiger charge is -2.24. The van der Waals surface area contributed by atoms with Crippen molar-refractivity contribution in [1.29, 1.82) is 0 Å². The number of hydrogen-bond donors (Lipinski definition) is 1. The zero-order valence-corrected chi connectivity index (χ0v) is 12.0. The third-order valence-electron chi connectivity index (χ3n) is 3.32. The minimum absolute atomic E-state index is 0.345. The Labute approximate surface area is 113 Å². The third kappa shape index (κ3) is 3.46. The molecule has 1 aromatic rings. The summed E-state index contributed by atoms with van der Waals surface area (Å²) in [6, 6.07) is 5.35. The van der Waals surface area contributed by atoms with E-state index in [1.165, 1.54) is 19.1 Å². The van der Waals surface area contributed by atoms with Gasteiger partial charge in [-0.2, -0.15) is 0 Å². The van der Waals surface area contributed by atoms with Crippen LogP contribution < -0.4 is 5.32 Å². The van der Waals surface area contributed by atoms with Gasteiger partial charge in [-0.15, -0.1) is 0 Å². The van der Waals surface area contributed by atoms with Crippen LogP contribution >= 0.6 is 11.6 Å². The first-order valence-electron chi connectivity index (χ1n) is 6.19. The second-order valence-electron chi connectivity index (χ2n) is 4.88. The molecule has 0 radical (unpaired) electrons. The van der Waals surface area contributed by atoms with Crippen molar-refractivity contribution in [2.45, 2.75) is 36.6 Å². The summed E-state index contributed by atoms with van der Waals surface area (Å²) in [7, 11) is -3.16. The number of nitrogens with one attached hydrogen (secondary N) is 1. The van der Waals surface area contributed by atoms with Crippen molar-refractivity contribution >= 4 is 21.4 Å². The third-order valence-corrected chi connectivity index (χ3v) is 4.80. The van der Waals surface area contributed by atoms with E-state index in [1.807, 2.05) is 0 Å². The quantitative estimate of drug-likeness (QED) is 0.929. The number of benzene rings is 1. The van der Waals surface area contributed by atoms with E-state index in [0.717, 1.165) is 24.9 Å². The number of rotatable bonds is 3. The maximum atomic E-state index is 11.5. The maximum absolute atomic E-state index is 11.5. The largest absolute Gasteiger partial charge is 0.314 e. The van der Waals surface area contributed by atoms with Gasteiger partial charge in [0, 0.05) is 17.3 Å². The van der Waals surface area contributed by atoms with Gasteiger partial charge in [0.15, 0.2) is 9.84 Å². The second-order valence-corrected chi connectivity index (χ2v) is 7.30. The molecule has 3 nitrogen and oxygen atoms in total. The number of hydrogen-bond acceptors (Lipinski definition) is 3. The van der Waals surface area contributed by atoms with Gasteiger partial charge in [0.25, 0.3) is 0 Å². The zero-order valence-electron chi connectivity index (χ0n) is 10.4. The molecule has 0 aliphatic carbocycles. The molecule has 100 valence electrons. The Kier molecular flexibility index (Phi) is 4.30. The Hall–Kier alpha value is -0.580. The Morgan fingerprint density at radius 1 is 1.39 bits per heavy atom. The Bertz CT molecular complexity index is 522. The standard InChI is InChI=1S/C13H18ClNO2S/c1-18(16,17)12-5-6-13(14)10(9-12)8-11-4-2-3-7-15-11/h5-6,9,11,15H,2-4,7-8H2,1H3. The highest BCUT2D eigenvalue weighted by atomic mass is 35.5. The predicted octanol–water partition coefficient (Wildman–Crippen LogP) is 2.43. The van der Waals surface area contributed by atoms with Gasteiger partial charge in [0.1, 0.15) is 0 Å². The summed E-state index contributed by atoms with van der Waals surface area (Å²) in [4.78, 5) is 0.345. The van der Waals surface area contributed by atoms with Gasteiger partial charge in [-0.1, -0.05) is 18.0 Å². The van der Waals surface area contributed by atoms with Crippen LogP contribution in [0, 0.1) is 0 Å². The van der Waals surface area contributed by atoms with Gasteiger partial charge in [0.2, 0.25) is 0 Å². The normalized spacial score (nSPS) is 20.9. The van der Waals surface area contributed by atoms with Crippen LogP contribution in [0.15, 0.2) is 23.1 Å². The molecule has 5 heteroatoms. The Balaban J connectivity index is 2.21. The highest BCUT2D eigenvalue weighted by Gasteiger charge is 2.16. The van der Waals surface area contributed by atoms with Crippen LogP contribution in [0.2, 0.25) is 5.02 Å². The molecule has 1 saturated heterocycles. The minimum Gasteiger partial charge on any atom is -0.314 e. The van der Waals surface area contributed by atoms with Crippen molar-refractivity contribution in [3.63, 3.8) is 0 Å². The molecule has 1 aromatic carbocycles. The molecule has 1 aliphatic rings. The summed E-state index contributed by atoms with van der Waals surface area (Å²) >= 11 is 6.14. The van der Waals surface area contributed by atoms with Gasteiger partial charge >= 0.3 is 0 Å². The molecule has 1 unspecified atom stereocenters. The molecule has 18 heavy (non-hydrogen) atoms. The molecule has 1 aliphatic heterocycles. The van der Waals surface area contributed by atoms with E-state index in [2.05, 4.69) is 5.32 Å². The first kappa shape index (κ1) is 13.8. The average molecular weight is 288 g/mol. The highest BCUT2D eigenvalue weighted by Crippen LogP contribution is 2.23. The monoisotopic (exact) mass is 287 g/mol. The van der Waals surface area contributed by atoms with Crippen LogP contribution in [0.4, 0.5) is 0 Å². The van der Waals surface area contributed by atoms with Gasteiger partial charge < -0.3 is 5.32 Å². The first-order chi connectivity index (χ1) is 8.47. The first-order valence-corrected chi connectivity index (χ1v) is 8.45. The van der Waals surface area contributed by atoms with Crippen LogP contribution in [0.25, 0.3) is 0 Å². The molecule has 1 atom stereocenters. The van der Waals surface area contributed by atoms with Crippen LogP contribution in [0.1, 0.15) is 24.8 Å². The summed E-state index contributed by atoms with van der Waals surface area (Å²) in [6.45, 7) is 1.04. The molecule has 1 N–H and O–H groups in total. The zero-order chi connectivity index (χ0) is 13.2. The van der Waals surface area contributed by atoms with E-state index < -0.39 is 9.84 Å². The molecular formula is C13H18ClNO2S. The summed E-state index contributed by atoms with van der Waals surface area (Å²) in [5.41, 5.74) is 0.916. The van der Waals surface area contributed by atoms with E-state index in [0.29, 0.717) is 16.0 Å². The lowest BCUT2D eigenvalue weighted by Crippen LogP contribution is -2.35. The fourth-order valence-electron chi connectivity index (χ4n) is 2.30. The van der Waals surface area contributed by atoms with Crippen molar-refractivity contribution < 1.29 is 8.42 Å². The van der Waals surface area contributed by atoms with Crippen molar-refractivity contribution in [3.8, 4) is 0 Å². The minimum atomic E-state index is -3.16. The van der Waals surface area contributed by atoms with Crippen molar-refractivity contribution in [2.75, 3.05) is 12.8 Å². The van der Waals surface area contributed by atoms with Crippen molar-refractivity contribution in [1.82, 2.24) is 5.32 Å². The van der Waals surface area contributed by atoms with Crippen molar-refractivity contribution in [3.05, 3.63) is 28.8 Å². The molecular weight excluding hydrogens is 270 g/mol.